The molecule has 1 unspecified atom stereocenters. The largest absolute Gasteiger partial charge is 0.197 e. The first-order valence-electron chi connectivity index (χ1n) is 9.69. The van der Waals surface area contributed by atoms with Crippen molar-refractivity contribution in [1.82, 2.24) is 0 Å². The van der Waals surface area contributed by atoms with Gasteiger partial charge in [-0.1, -0.05) is 108 Å². The van der Waals surface area contributed by atoms with Gasteiger partial charge in [-0.3, -0.25) is 0 Å². The van der Waals surface area contributed by atoms with Gasteiger partial charge in [0, 0.05) is 0 Å². The molecule has 0 aliphatic heterocycles. The molecule has 0 spiro atoms. The van der Waals surface area contributed by atoms with Gasteiger partial charge >= 0.3 is 0 Å². The van der Waals surface area contributed by atoms with Gasteiger partial charge in [-0.05, 0) is 18.9 Å². The summed E-state index contributed by atoms with van der Waals surface area (Å²) in [6.07, 6.45) is 15.9. The van der Waals surface area contributed by atoms with Crippen LogP contribution in [0.15, 0.2) is 30.3 Å². The van der Waals surface area contributed by atoms with Gasteiger partial charge in [0.15, 0.2) is 0 Å². The van der Waals surface area contributed by atoms with Crippen molar-refractivity contribution in [2.75, 3.05) is 0 Å². The van der Waals surface area contributed by atoms with Gasteiger partial charge in [0.1, 0.15) is 0 Å². The predicted octanol–water partition coefficient (Wildman–Crippen LogP) is 7.17. The molecule has 0 fully saturated rings. The van der Waals surface area contributed by atoms with E-state index < -0.39 is 0 Å². The van der Waals surface area contributed by atoms with Crippen molar-refractivity contribution >= 4 is 0 Å². The van der Waals surface area contributed by atoms with Crippen molar-refractivity contribution in [3.63, 3.8) is 0 Å². The van der Waals surface area contributed by atoms with Crippen LogP contribution in [0.25, 0.3) is 0 Å². The molecule has 0 N–H and O–H groups in total. The quantitative estimate of drug-likeness (QED) is 0.354. The van der Waals surface area contributed by atoms with E-state index in [9.17, 15) is 5.26 Å². The minimum Gasteiger partial charge on any atom is -0.197 e. The van der Waals surface area contributed by atoms with Gasteiger partial charge in [0.05, 0.1) is 11.5 Å². The van der Waals surface area contributed by atoms with E-state index in [1.807, 2.05) is 18.2 Å². The normalized spacial score (nSPS) is 13.4. The highest BCUT2D eigenvalue weighted by Crippen LogP contribution is 2.29. The molecule has 0 saturated heterocycles. The minimum atomic E-state index is -0.319. The van der Waals surface area contributed by atoms with E-state index in [4.69, 9.17) is 0 Å². The van der Waals surface area contributed by atoms with Crippen LogP contribution < -0.4 is 0 Å². The van der Waals surface area contributed by atoms with Crippen LogP contribution in [0.1, 0.15) is 96.5 Å². The maximum Gasteiger partial charge on any atom is 0.0794 e. The molecule has 1 aromatic carbocycles. The molecule has 1 heteroatoms. The predicted molar refractivity (Wildman–Crippen MR) is 100 cm³/mol. The molecule has 128 valence electrons. The number of benzene rings is 1. The lowest BCUT2D eigenvalue weighted by Crippen LogP contribution is -2.19. The maximum atomic E-state index is 9.55. The summed E-state index contributed by atoms with van der Waals surface area (Å²) in [7, 11) is 0. The van der Waals surface area contributed by atoms with E-state index in [-0.39, 0.29) is 5.41 Å². The number of hydrogen-bond acceptors (Lipinski definition) is 1. The summed E-state index contributed by atoms with van der Waals surface area (Å²) in [5.41, 5.74) is 0.843. The van der Waals surface area contributed by atoms with E-state index in [2.05, 4.69) is 32.0 Å². The zero-order valence-electron chi connectivity index (χ0n) is 15.3. The maximum absolute atomic E-state index is 9.55. The Kier molecular flexibility index (Phi) is 10.5. The molecule has 0 aromatic heterocycles. The molecule has 1 atom stereocenters. The lowest BCUT2D eigenvalue weighted by atomic mass is 9.79. The highest BCUT2D eigenvalue weighted by Gasteiger charge is 2.25. The summed E-state index contributed by atoms with van der Waals surface area (Å²) in [4.78, 5) is 0. The average Bonchev–Trinajstić information content (AvgIpc) is 2.60. The number of nitrogens with zero attached hydrogens (tertiary/aromatic N) is 1. The molecule has 0 radical (unpaired) electrons. The van der Waals surface area contributed by atoms with Gasteiger partial charge in [0.2, 0.25) is 0 Å². The van der Waals surface area contributed by atoms with Crippen LogP contribution in [0, 0.1) is 11.3 Å². The van der Waals surface area contributed by atoms with Crippen LogP contribution in [0.3, 0.4) is 0 Å². The molecule has 0 aliphatic rings. The van der Waals surface area contributed by atoms with Gasteiger partial charge in [-0.15, -0.1) is 0 Å². The van der Waals surface area contributed by atoms with Gasteiger partial charge in [-0.25, -0.2) is 0 Å². The Hall–Kier alpha value is -1.29. The Morgan fingerprint density at radius 3 is 1.74 bits per heavy atom. The third kappa shape index (κ3) is 8.21. The third-order valence-electron chi connectivity index (χ3n) is 4.94. The minimum absolute atomic E-state index is 0.319. The molecule has 1 aromatic rings. The van der Waals surface area contributed by atoms with Gasteiger partial charge in [0.25, 0.3) is 0 Å². The SMILES string of the molecule is CCCCCCCCCCCCCC(C)(C#N)c1ccccc1. The highest BCUT2D eigenvalue weighted by molar-refractivity contribution is 5.30. The van der Waals surface area contributed by atoms with Crippen LogP contribution in [0.5, 0.6) is 0 Å². The van der Waals surface area contributed by atoms with E-state index in [0.29, 0.717) is 0 Å². The molecule has 0 amide bonds. The Bertz CT molecular complexity index is 431. The zero-order valence-corrected chi connectivity index (χ0v) is 15.3. The lowest BCUT2D eigenvalue weighted by Gasteiger charge is -2.22. The number of hydrogen-bond donors (Lipinski definition) is 0. The second kappa shape index (κ2) is 12.2. The Morgan fingerprint density at radius 2 is 1.26 bits per heavy atom. The molecule has 1 rings (SSSR count). The summed E-state index contributed by atoms with van der Waals surface area (Å²) < 4.78 is 0. The second-order valence-electron chi connectivity index (χ2n) is 7.10. The Labute approximate surface area is 144 Å². The van der Waals surface area contributed by atoms with Crippen molar-refractivity contribution in [2.45, 2.75) is 96.3 Å². The highest BCUT2D eigenvalue weighted by atomic mass is 14.4. The van der Waals surface area contributed by atoms with Crippen molar-refractivity contribution in [3.8, 4) is 6.07 Å². The fourth-order valence-corrected chi connectivity index (χ4v) is 3.21. The van der Waals surface area contributed by atoms with Crippen LogP contribution in [0.2, 0.25) is 0 Å². The summed E-state index contributed by atoms with van der Waals surface area (Å²) in [6.45, 7) is 4.35. The standard InChI is InChI=1S/C22H35N/c1-3-4-5-6-7-8-9-10-11-12-16-19-22(2,20-23)21-17-14-13-15-18-21/h13-15,17-18H,3-12,16,19H2,1-2H3. The molecule has 0 saturated carbocycles. The second-order valence-corrected chi connectivity index (χ2v) is 7.10. The topological polar surface area (TPSA) is 23.8 Å². The lowest BCUT2D eigenvalue weighted by molar-refractivity contribution is 0.488. The van der Waals surface area contributed by atoms with E-state index in [1.54, 1.807) is 0 Å². The Balaban J connectivity index is 2.07. The van der Waals surface area contributed by atoms with Gasteiger partial charge < -0.3 is 0 Å². The summed E-state index contributed by atoms with van der Waals surface area (Å²) >= 11 is 0. The number of unbranched alkanes of at least 4 members (excludes halogenated alkanes) is 10. The van der Waals surface area contributed by atoms with Crippen molar-refractivity contribution in [3.05, 3.63) is 35.9 Å². The molecule has 23 heavy (non-hydrogen) atoms. The van der Waals surface area contributed by atoms with Gasteiger partial charge in [-0.2, -0.15) is 5.26 Å². The Morgan fingerprint density at radius 1 is 0.783 bits per heavy atom. The fraction of sp³-hybridized carbons (Fsp3) is 0.682. The van der Waals surface area contributed by atoms with E-state index >= 15 is 0 Å². The number of rotatable bonds is 13. The third-order valence-corrected chi connectivity index (χ3v) is 4.94. The fourth-order valence-electron chi connectivity index (χ4n) is 3.21. The van der Waals surface area contributed by atoms with Crippen LogP contribution >= 0.6 is 0 Å². The molecular weight excluding hydrogens is 278 g/mol. The molecule has 0 aliphatic carbocycles. The first kappa shape index (κ1) is 19.8. The monoisotopic (exact) mass is 313 g/mol. The summed E-state index contributed by atoms with van der Waals surface area (Å²) in [5.74, 6) is 0. The van der Waals surface area contributed by atoms with Crippen LogP contribution in [-0.4, -0.2) is 0 Å². The summed E-state index contributed by atoms with van der Waals surface area (Å²) in [6, 6.07) is 12.8. The smallest absolute Gasteiger partial charge is 0.0794 e. The summed E-state index contributed by atoms with van der Waals surface area (Å²) in [5, 5.41) is 9.55. The zero-order chi connectivity index (χ0) is 16.8. The first-order valence-corrected chi connectivity index (χ1v) is 9.69. The van der Waals surface area contributed by atoms with Crippen LogP contribution in [0.4, 0.5) is 0 Å². The van der Waals surface area contributed by atoms with Crippen LogP contribution in [-0.2, 0) is 5.41 Å². The average molecular weight is 314 g/mol. The van der Waals surface area contributed by atoms with Crippen molar-refractivity contribution < 1.29 is 0 Å². The molecule has 0 bridgehead atoms. The van der Waals surface area contributed by atoms with Crippen molar-refractivity contribution in [1.29, 1.82) is 5.26 Å². The molecule has 0 heterocycles. The van der Waals surface area contributed by atoms with E-state index in [1.165, 1.54) is 64.2 Å². The van der Waals surface area contributed by atoms with Crippen molar-refractivity contribution in [2.24, 2.45) is 0 Å². The number of nitriles is 1. The molecule has 1 nitrogen and oxygen atoms in total. The molecular formula is C22H35N. The first-order chi connectivity index (χ1) is 11.2. The van der Waals surface area contributed by atoms with E-state index in [0.717, 1.165) is 18.4 Å².